The Bertz CT molecular complexity index is 722. The largest absolute Gasteiger partial charge is 0.497 e. The number of sulfonamides is 1. The lowest BCUT2D eigenvalue weighted by atomic mass is 10.1. The van der Waals surface area contributed by atoms with Crippen molar-refractivity contribution >= 4 is 15.9 Å². The number of hydrogen-bond donors (Lipinski definition) is 0. The van der Waals surface area contributed by atoms with E-state index in [0.29, 0.717) is 43.2 Å². The van der Waals surface area contributed by atoms with Crippen molar-refractivity contribution < 1.29 is 22.7 Å². The number of carbonyl (C=O) groups excluding carboxylic acids is 1. The number of methoxy groups -OCH3 is 2. The normalized spacial score (nSPS) is 19.2. The van der Waals surface area contributed by atoms with Gasteiger partial charge in [-0.2, -0.15) is 4.31 Å². The van der Waals surface area contributed by atoms with Crippen LogP contribution in [-0.2, 0) is 10.0 Å². The van der Waals surface area contributed by atoms with Gasteiger partial charge in [0, 0.05) is 32.2 Å². The molecule has 0 atom stereocenters. The van der Waals surface area contributed by atoms with Crippen LogP contribution < -0.4 is 9.47 Å². The molecule has 1 aliphatic carbocycles. The van der Waals surface area contributed by atoms with Gasteiger partial charge in [-0.3, -0.25) is 4.79 Å². The summed E-state index contributed by atoms with van der Waals surface area (Å²) in [7, 11) is -0.113. The molecule has 0 spiro atoms. The molecule has 3 rings (SSSR count). The average Bonchev–Trinajstić information content (AvgIpc) is 3.46. The van der Waals surface area contributed by atoms with Crippen molar-refractivity contribution in [1.82, 2.24) is 9.21 Å². The number of amides is 1. The minimum Gasteiger partial charge on any atom is -0.497 e. The molecule has 2 aliphatic rings. The number of carbonyl (C=O) groups is 1. The van der Waals surface area contributed by atoms with E-state index in [1.165, 1.54) is 11.4 Å². The monoisotopic (exact) mass is 354 g/mol. The highest BCUT2D eigenvalue weighted by Gasteiger charge is 2.41. The van der Waals surface area contributed by atoms with Gasteiger partial charge in [0.25, 0.3) is 5.91 Å². The first kappa shape index (κ1) is 17.0. The second-order valence-corrected chi connectivity index (χ2v) is 8.21. The fraction of sp³-hybridized carbons (Fsp3) is 0.562. The van der Waals surface area contributed by atoms with Gasteiger partial charge in [-0.05, 0) is 25.0 Å². The van der Waals surface area contributed by atoms with Crippen LogP contribution in [0, 0.1) is 0 Å². The van der Waals surface area contributed by atoms with E-state index in [1.807, 2.05) is 0 Å². The molecule has 8 heteroatoms. The van der Waals surface area contributed by atoms with Crippen LogP contribution >= 0.6 is 0 Å². The predicted molar refractivity (Wildman–Crippen MR) is 89.0 cm³/mol. The fourth-order valence-corrected chi connectivity index (χ4v) is 4.69. The van der Waals surface area contributed by atoms with E-state index in [2.05, 4.69) is 0 Å². The Labute approximate surface area is 142 Å². The highest BCUT2D eigenvalue weighted by atomic mass is 32.2. The second-order valence-electron chi connectivity index (χ2n) is 6.00. The summed E-state index contributed by atoms with van der Waals surface area (Å²) in [6.07, 6.45) is 1.51. The quantitative estimate of drug-likeness (QED) is 0.787. The molecule has 7 nitrogen and oxygen atoms in total. The Hall–Kier alpha value is -1.80. The maximum absolute atomic E-state index is 12.7. The van der Waals surface area contributed by atoms with Gasteiger partial charge in [0.15, 0.2) is 0 Å². The molecule has 0 N–H and O–H groups in total. The number of rotatable bonds is 5. The zero-order chi connectivity index (χ0) is 17.3. The molecule has 2 fully saturated rings. The molecule has 0 radical (unpaired) electrons. The summed E-state index contributed by atoms with van der Waals surface area (Å²) in [5.41, 5.74) is 0.455. The molecule has 132 valence electrons. The smallest absolute Gasteiger partial charge is 0.257 e. The van der Waals surface area contributed by atoms with Gasteiger partial charge in [0.1, 0.15) is 11.5 Å². The minimum absolute atomic E-state index is 0.155. The molecule has 1 saturated carbocycles. The zero-order valence-corrected chi connectivity index (χ0v) is 14.7. The van der Waals surface area contributed by atoms with Crippen molar-refractivity contribution in [1.29, 1.82) is 0 Å². The molecule has 1 amide bonds. The Morgan fingerprint density at radius 2 is 1.75 bits per heavy atom. The average molecular weight is 354 g/mol. The summed E-state index contributed by atoms with van der Waals surface area (Å²) in [5.74, 6) is 0.911. The molecule has 1 saturated heterocycles. The minimum atomic E-state index is -3.17. The molecule has 0 unspecified atom stereocenters. The van der Waals surface area contributed by atoms with Gasteiger partial charge in [-0.15, -0.1) is 0 Å². The van der Waals surface area contributed by atoms with Crippen LogP contribution in [0.4, 0.5) is 0 Å². The Morgan fingerprint density at radius 3 is 2.29 bits per heavy atom. The Balaban J connectivity index is 1.69. The van der Waals surface area contributed by atoms with Crippen molar-refractivity contribution in [3.05, 3.63) is 23.8 Å². The van der Waals surface area contributed by atoms with Crippen molar-refractivity contribution in [2.24, 2.45) is 0 Å². The molecule has 0 aromatic heterocycles. The summed E-state index contributed by atoms with van der Waals surface area (Å²) in [5, 5.41) is -0.207. The van der Waals surface area contributed by atoms with Crippen molar-refractivity contribution in [2.45, 2.75) is 18.1 Å². The molecule has 1 aliphatic heterocycles. The number of piperazine rings is 1. The topological polar surface area (TPSA) is 76.2 Å². The number of ether oxygens (including phenoxy) is 2. The van der Waals surface area contributed by atoms with E-state index in [4.69, 9.17) is 9.47 Å². The van der Waals surface area contributed by atoms with Crippen LogP contribution in [0.1, 0.15) is 23.2 Å². The fourth-order valence-electron chi connectivity index (χ4n) is 2.87. The lowest BCUT2D eigenvalue weighted by Gasteiger charge is -2.34. The van der Waals surface area contributed by atoms with E-state index >= 15 is 0 Å². The third kappa shape index (κ3) is 3.21. The number of hydrogen-bond acceptors (Lipinski definition) is 5. The van der Waals surface area contributed by atoms with Crippen molar-refractivity contribution in [2.75, 3.05) is 40.4 Å². The number of benzene rings is 1. The second kappa shape index (κ2) is 6.60. The molecular weight excluding hydrogens is 332 g/mol. The summed E-state index contributed by atoms with van der Waals surface area (Å²) < 4.78 is 36.4. The first-order valence-electron chi connectivity index (χ1n) is 7.97. The molecular formula is C16H22N2O5S. The summed E-state index contributed by atoms with van der Waals surface area (Å²) >= 11 is 0. The highest BCUT2D eigenvalue weighted by molar-refractivity contribution is 7.90. The van der Waals surface area contributed by atoms with E-state index < -0.39 is 10.0 Å². The molecule has 1 aromatic rings. The van der Waals surface area contributed by atoms with Gasteiger partial charge in [-0.25, -0.2) is 8.42 Å². The Morgan fingerprint density at radius 1 is 1.08 bits per heavy atom. The molecule has 24 heavy (non-hydrogen) atoms. The van der Waals surface area contributed by atoms with E-state index in [1.54, 1.807) is 30.2 Å². The lowest BCUT2D eigenvalue weighted by molar-refractivity contribution is 0.0694. The summed E-state index contributed by atoms with van der Waals surface area (Å²) in [4.78, 5) is 14.4. The van der Waals surface area contributed by atoms with Gasteiger partial charge in [-0.1, -0.05) is 0 Å². The standard InChI is InChI=1S/C16H22N2O5S/c1-22-12-3-6-14(15(11-12)23-2)16(19)17-7-9-18(10-8-17)24(20,21)13-4-5-13/h3,6,11,13H,4-5,7-10H2,1-2H3. The molecule has 1 heterocycles. The highest BCUT2D eigenvalue weighted by Crippen LogP contribution is 2.32. The van der Waals surface area contributed by atoms with Crippen LogP contribution in [-0.4, -0.2) is 69.2 Å². The first-order valence-corrected chi connectivity index (χ1v) is 9.48. The van der Waals surface area contributed by atoms with Gasteiger partial charge < -0.3 is 14.4 Å². The van der Waals surface area contributed by atoms with Crippen molar-refractivity contribution in [3.63, 3.8) is 0 Å². The van der Waals surface area contributed by atoms with Crippen LogP contribution in [0.3, 0.4) is 0 Å². The SMILES string of the molecule is COc1ccc(C(=O)N2CCN(S(=O)(=O)C3CC3)CC2)c(OC)c1. The van der Waals surface area contributed by atoms with Gasteiger partial charge in [0.05, 0.1) is 25.0 Å². The Kier molecular flexibility index (Phi) is 4.69. The summed E-state index contributed by atoms with van der Waals surface area (Å²) in [6.45, 7) is 1.48. The number of nitrogens with zero attached hydrogens (tertiary/aromatic N) is 2. The first-order chi connectivity index (χ1) is 11.5. The van der Waals surface area contributed by atoms with Gasteiger partial charge >= 0.3 is 0 Å². The van der Waals surface area contributed by atoms with Gasteiger partial charge in [0.2, 0.25) is 10.0 Å². The maximum atomic E-state index is 12.7. The maximum Gasteiger partial charge on any atom is 0.257 e. The van der Waals surface area contributed by atoms with Crippen LogP contribution in [0.15, 0.2) is 18.2 Å². The van der Waals surface area contributed by atoms with Crippen LogP contribution in [0.5, 0.6) is 11.5 Å². The molecule has 0 bridgehead atoms. The van der Waals surface area contributed by atoms with E-state index in [0.717, 1.165) is 12.8 Å². The van der Waals surface area contributed by atoms with Crippen LogP contribution in [0.25, 0.3) is 0 Å². The third-order valence-corrected chi connectivity index (χ3v) is 6.87. The predicted octanol–water partition coefficient (Wildman–Crippen LogP) is 0.954. The zero-order valence-electron chi connectivity index (χ0n) is 13.9. The molecule has 1 aromatic carbocycles. The van der Waals surface area contributed by atoms with Crippen molar-refractivity contribution in [3.8, 4) is 11.5 Å². The summed E-state index contributed by atoms with van der Waals surface area (Å²) in [6, 6.07) is 5.05. The lowest BCUT2D eigenvalue weighted by Crippen LogP contribution is -2.51. The van der Waals surface area contributed by atoms with Crippen LogP contribution in [0.2, 0.25) is 0 Å². The van der Waals surface area contributed by atoms with E-state index in [9.17, 15) is 13.2 Å². The van der Waals surface area contributed by atoms with E-state index in [-0.39, 0.29) is 11.2 Å². The third-order valence-electron chi connectivity index (χ3n) is 4.47.